The second kappa shape index (κ2) is 7.14. The lowest BCUT2D eigenvalue weighted by molar-refractivity contribution is -0.123. The maximum atomic E-state index is 12.0. The van der Waals surface area contributed by atoms with E-state index < -0.39 is 9.84 Å². The fourth-order valence-electron chi connectivity index (χ4n) is 2.49. The third-order valence-corrected chi connectivity index (χ3v) is 4.53. The molecule has 0 unspecified atom stereocenters. The van der Waals surface area contributed by atoms with Crippen LogP contribution in [0.4, 0.5) is 0 Å². The van der Waals surface area contributed by atoms with Gasteiger partial charge < -0.3 is 0 Å². The normalized spacial score (nSPS) is 19.6. The molecular formula is C13H24O3S. The Hall–Kier alpha value is -0.380. The van der Waals surface area contributed by atoms with Crippen molar-refractivity contribution in [3.05, 3.63) is 0 Å². The van der Waals surface area contributed by atoms with Crippen molar-refractivity contribution in [2.75, 3.05) is 12.0 Å². The molecule has 4 heteroatoms. The van der Waals surface area contributed by atoms with Crippen LogP contribution in [-0.2, 0) is 14.6 Å². The summed E-state index contributed by atoms with van der Waals surface area (Å²) in [5.74, 6) is 0.635. The van der Waals surface area contributed by atoms with E-state index in [1.54, 1.807) is 0 Å². The van der Waals surface area contributed by atoms with Crippen LogP contribution in [0.5, 0.6) is 0 Å². The van der Waals surface area contributed by atoms with E-state index >= 15 is 0 Å². The summed E-state index contributed by atoms with van der Waals surface area (Å²) in [5, 5.41) is 0. The van der Waals surface area contributed by atoms with Crippen LogP contribution in [0, 0.1) is 5.92 Å². The average molecular weight is 260 g/mol. The molecule has 0 aromatic carbocycles. The predicted molar refractivity (Wildman–Crippen MR) is 69.8 cm³/mol. The molecule has 1 saturated carbocycles. The van der Waals surface area contributed by atoms with Crippen LogP contribution in [0.15, 0.2) is 0 Å². The number of carbonyl (C=O) groups is 1. The van der Waals surface area contributed by atoms with E-state index in [1.165, 1.54) is 25.5 Å². The van der Waals surface area contributed by atoms with Gasteiger partial charge in [-0.05, 0) is 19.3 Å². The van der Waals surface area contributed by atoms with Crippen LogP contribution in [0.1, 0.15) is 57.8 Å². The second-order valence-corrected chi connectivity index (χ2v) is 7.50. The van der Waals surface area contributed by atoms with Gasteiger partial charge in [0.15, 0.2) is 0 Å². The topological polar surface area (TPSA) is 51.2 Å². The number of rotatable bonds is 5. The van der Waals surface area contributed by atoms with Gasteiger partial charge in [0.25, 0.3) is 0 Å². The second-order valence-electron chi connectivity index (χ2n) is 5.24. The van der Waals surface area contributed by atoms with Crippen LogP contribution in [-0.4, -0.2) is 26.2 Å². The predicted octanol–water partition coefficient (Wildman–Crippen LogP) is 2.74. The van der Waals surface area contributed by atoms with E-state index in [1.807, 2.05) is 0 Å². The zero-order valence-corrected chi connectivity index (χ0v) is 11.6. The molecule has 0 saturated heterocycles. The lowest BCUT2D eigenvalue weighted by Gasteiger charge is -2.18. The molecule has 0 atom stereocenters. The van der Waals surface area contributed by atoms with E-state index in [0.717, 1.165) is 25.7 Å². The third kappa shape index (κ3) is 6.81. The van der Waals surface area contributed by atoms with E-state index in [4.69, 9.17) is 0 Å². The molecule has 0 bridgehead atoms. The monoisotopic (exact) mass is 260 g/mol. The molecular weight excluding hydrogens is 236 g/mol. The number of hydrogen-bond donors (Lipinski definition) is 0. The summed E-state index contributed by atoms with van der Waals surface area (Å²) in [4.78, 5) is 12.0. The maximum absolute atomic E-state index is 12.0. The highest BCUT2D eigenvalue weighted by Crippen LogP contribution is 2.24. The van der Waals surface area contributed by atoms with Crippen molar-refractivity contribution in [3.63, 3.8) is 0 Å². The van der Waals surface area contributed by atoms with Gasteiger partial charge in [-0.25, -0.2) is 8.42 Å². The molecule has 0 aliphatic heterocycles. The Kier molecular flexibility index (Phi) is 6.17. The first-order valence-electron chi connectivity index (χ1n) is 6.69. The number of hydrogen-bond acceptors (Lipinski definition) is 3. The van der Waals surface area contributed by atoms with Gasteiger partial charge in [0.2, 0.25) is 0 Å². The minimum absolute atomic E-state index is 0.144. The molecule has 100 valence electrons. The van der Waals surface area contributed by atoms with E-state index in [9.17, 15) is 13.2 Å². The summed E-state index contributed by atoms with van der Waals surface area (Å²) in [5.41, 5.74) is 0. The average Bonchev–Trinajstić information content (AvgIpc) is 2.14. The van der Waals surface area contributed by atoms with Crippen molar-refractivity contribution in [1.29, 1.82) is 0 Å². The van der Waals surface area contributed by atoms with Crippen molar-refractivity contribution in [3.8, 4) is 0 Å². The van der Waals surface area contributed by atoms with Crippen molar-refractivity contribution in [2.45, 2.75) is 57.8 Å². The number of carbonyl (C=O) groups excluding carboxylic acids is 1. The van der Waals surface area contributed by atoms with Gasteiger partial charge in [-0.2, -0.15) is 0 Å². The third-order valence-electron chi connectivity index (χ3n) is 3.50. The van der Waals surface area contributed by atoms with Crippen molar-refractivity contribution in [2.24, 2.45) is 5.92 Å². The Bertz CT molecular complexity index is 325. The molecule has 1 fully saturated rings. The summed E-state index contributed by atoms with van der Waals surface area (Å²) in [6.45, 7) is 0. The lowest BCUT2D eigenvalue weighted by Crippen LogP contribution is -2.17. The molecule has 0 radical (unpaired) electrons. The fourth-order valence-corrected chi connectivity index (χ4v) is 3.16. The Morgan fingerprint density at radius 2 is 1.59 bits per heavy atom. The first-order chi connectivity index (χ1) is 7.99. The quantitative estimate of drug-likeness (QED) is 0.763. The Morgan fingerprint density at radius 1 is 1.06 bits per heavy atom. The highest BCUT2D eigenvalue weighted by molar-refractivity contribution is 7.90. The zero-order chi connectivity index (χ0) is 12.7. The zero-order valence-electron chi connectivity index (χ0n) is 10.8. The summed E-state index contributed by atoms with van der Waals surface area (Å²) >= 11 is 0. The first-order valence-corrected chi connectivity index (χ1v) is 8.75. The van der Waals surface area contributed by atoms with Gasteiger partial charge in [0, 0.05) is 18.6 Å². The van der Waals surface area contributed by atoms with Gasteiger partial charge in [-0.1, -0.05) is 32.1 Å². The van der Waals surface area contributed by atoms with Gasteiger partial charge in [0.05, 0.1) is 5.75 Å². The molecule has 0 spiro atoms. The summed E-state index contributed by atoms with van der Waals surface area (Å²) < 4.78 is 22.0. The molecule has 1 aliphatic rings. The van der Waals surface area contributed by atoms with Gasteiger partial charge in [-0.15, -0.1) is 0 Å². The Balaban J connectivity index is 2.29. The Labute approximate surface area is 105 Å². The highest BCUT2D eigenvalue weighted by Gasteiger charge is 2.19. The number of ketones is 1. The Morgan fingerprint density at radius 3 is 2.12 bits per heavy atom. The molecule has 0 aromatic rings. The number of Topliss-reactive ketones (excluding diaryl/α,β-unsaturated/α-hetero) is 1. The molecule has 1 rings (SSSR count). The van der Waals surface area contributed by atoms with E-state index in [-0.39, 0.29) is 17.5 Å². The summed E-state index contributed by atoms with van der Waals surface area (Å²) in [6.07, 6.45) is 10.3. The minimum atomic E-state index is -2.92. The summed E-state index contributed by atoms with van der Waals surface area (Å²) in [7, 11) is -2.92. The first kappa shape index (κ1) is 14.7. The molecule has 0 amide bonds. The molecule has 0 N–H and O–H groups in total. The van der Waals surface area contributed by atoms with Crippen molar-refractivity contribution >= 4 is 15.6 Å². The highest BCUT2D eigenvalue weighted by atomic mass is 32.2. The van der Waals surface area contributed by atoms with Gasteiger partial charge in [0.1, 0.15) is 15.6 Å². The van der Waals surface area contributed by atoms with Gasteiger partial charge >= 0.3 is 0 Å². The van der Waals surface area contributed by atoms with Crippen LogP contribution >= 0.6 is 0 Å². The van der Waals surface area contributed by atoms with Crippen LogP contribution in [0.25, 0.3) is 0 Å². The maximum Gasteiger partial charge on any atom is 0.147 e. The van der Waals surface area contributed by atoms with E-state index in [2.05, 4.69) is 0 Å². The fraction of sp³-hybridized carbons (Fsp3) is 0.923. The number of sulfone groups is 1. The van der Waals surface area contributed by atoms with Gasteiger partial charge in [-0.3, -0.25) is 4.79 Å². The SMILES string of the molecule is CS(=O)(=O)CCCC(=O)C1CCCCCCC1. The van der Waals surface area contributed by atoms with Crippen LogP contribution < -0.4 is 0 Å². The van der Waals surface area contributed by atoms with Crippen LogP contribution in [0.3, 0.4) is 0 Å². The minimum Gasteiger partial charge on any atom is -0.299 e. The molecule has 1 aliphatic carbocycles. The largest absolute Gasteiger partial charge is 0.299 e. The summed E-state index contributed by atoms with van der Waals surface area (Å²) in [6, 6.07) is 0. The lowest BCUT2D eigenvalue weighted by atomic mass is 9.87. The van der Waals surface area contributed by atoms with Crippen molar-refractivity contribution < 1.29 is 13.2 Å². The van der Waals surface area contributed by atoms with Crippen LogP contribution in [0.2, 0.25) is 0 Å². The standard InChI is InChI=1S/C13H24O3S/c1-17(15,16)11-7-10-13(14)12-8-5-3-2-4-6-9-12/h12H,2-11H2,1H3. The molecule has 0 heterocycles. The smallest absolute Gasteiger partial charge is 0.147 e. The van der Waals surface area contributed by atoms with E-state index in [0.29, 0.717) is 12.8 Å². The van der Waals surface area contributed by atoms with Crippen molar-refractivity contribution in [1.82, 2.24) is 0 Å². The molecule has 3 nitrogen and oxygen atoms in total. The molecule has 17 heavy (non-hydrogen) atoms. The molecule has 0 aromatic heterocycles.